The van der Waals surface area contributed by atoms with Crippen LogP contribution in [0.15, 0.2) is 24.3 Å². The summed E-state index contributed by atoms with van der Waals surface area (Å²) < 4.78 is 27.4. The molecule has 0 saturated carbocycles. The first kappa shape index (κ1) is 17.2. The standard InChI is InChI=1S/C14H19ClN2O4S/c15-12-5-3-11(4-6-12)13-10-17(7-8-21-13)14(18)2-1-9-22(16,19)20/h3-6,13H,1-2,7-10H2,(H2,16,19,20)/t13-/m0/s1. The Bertz CT molecular complexity index is 618. The largest absolute Gasteiger partial charge is 0.370 e. The minimum atomic E-state index is -3.52. The summed E-state index contributed by atoms with van der Waals surface area (Å²) in [5.41, 5.74) is 0.964. The molecule has 6 nitrogen and oxygen atoms in total. The van der Waals surface area contributed by atoms with E-state index in [1.807, 2.05) is 12.1 Å². The second kappa shape index (κ2) is 7.41. The highest BCUT2D eigenvalue weighted by atomic mass is 35.5. The number of hydrogen-bond donors (Lipinski definition) is 1. The smallest absolute Gasteiger partial charge is 0.222 e. The second-order valence-corrected chi connectivity index (χ2v) is 7.39. The van der Waals surface area contributed by atoms with Gasteiger partial charge in [0.2, 0.25) is 15.9 Å². The Morgan fingerprint density at radius 1 is 1.36 bits per heavy atom. The summed E-state index contributed by atoms with van der Waals surface area (Å²) in [6.45, 7) is 1.42. The van der Waals surface area contributed by atoms with E-state index < -0.39 is 10.0 Å². The number of amides is 1. The van der Waals surface area contributed by atoms with E-state index in [0.717, 1.165) is 5.56 Å². The average molecular weight is 347 g/mol. The summed E-state index contributed by atoms with van der Waals surface area (Å²) in [4.78, 5) is 13.8. The predicted octanol–water partition coefficient (Wildman–Crippen LogP) is 1.31. The van der Waals surface area contributed by atoms with E-state index in [-0.39, 0.29) is 30.6 Å². The Morgan fingerprint density at radius 2 is 2.05 bits per heavy atom. The van der Waals surface area contributed by atoms with E-state index >= 15 is 0 Å². The number of primary sulfonamides is 1. The van der Waals surface area contributed by atoms with Gasteiger partial charge in [-0.05, 0) is 24.1 Å². The van der Waals surface area contributed by atoms with Crippen molar-refractivity contribution in [2.24, 2.45) is 5.14 Å². The van der Waals surface area contributed by atoms with Gasteiger partial charge in [0.1, 0.15) is 6.10 Å². The van der Waals surface area contributed by atoms with E-state index in [9.17, 15) is 13.2 Å². The molecule has 1 aliphatic rings. The molecular weight excluding hydrogens is 328 g/mol. The first-order valence-corrected chi connectivity index (χ1v) is 9.10. The fourth-order valence-corrected chi connectivity index (χ4v) is 3.01. The second-order valence-electron chi connectivity index (χ2n) is 5.22. The topological polar surface area (TPSA) is 89.7 Å². The fourth-order valence-electron chi connectivity index (χ4n) is 2.34. The molecule has 1 heterocycles. The van der Waals surface area contributed by atoms with Gasteiger partial charge in [0.25, 0.3) is 0 Å². The van der Waals surface area contributed by atoms with Crippen LogP contribution in [-0.2, 0) is 19.6 Å². The van der Waals surface area contributed by atoms with Crippen LogP contribution in [0.3, 0.4) is 0 Å². The molecule has 1 aromatic carbocycles. The lowest BCUT2D eigenvalue weighted by Crippen LogP contribution is -2.42. The predicted molar refractivity (Wildman–Crippen MR) is 83.9 cm³/mol. The quantitative estimate of drug-likeness (QED) is 0.870. The lowest BCUT2D eigenvalue weighted by Gasteiger charge is -2.33. The first-order valence-electron chi connectivity index (χ1n) is 7.00. The van der Waals surface area contributed by atoms with Crippen molar-refractivity contribution in [1.82, 2.24) is 4.90 Å². The molecule has 1 amide bonds. The molecule has 0 bridgehead atoms. The molecule has 1 fully saturated rings. The molecule has 1 saturated heterocycles. The third kappa shape index (κ3) is 5.24. The summed E-state index contributed by atoms with van der Waals surface area (Å²) >= 11 is 5.86. The molecule has 0 spiro atoms. The van der Waals surface area contributed by atoms with Crippen molar-refractivity contribution in [3.05, 3.63) is 34.9 Å². The van der Waals surface area contributed by atoms with Gasteiger partial charge in [-0.15, -0.1) is 0 Å². The number of sulfonamides is 1. The zero-order chi connectivity index (χ0) is 16.2. The fraction of sp³-hybridized carbons (Fsp3) is 0.500. The van der Waals surface area contributed by atoms with Gasteiger partial charge in [-0.3, -0.25) is 4.79 Å². The maximum atomic E-state index is 12.1. The normalized spacial score (nSPS) is 19.2. The van der Waals surface area contributed by atoms with E-state index in [4.69, 9.17) is 21.5 Å². The third-order valence-corrected chi connectivity index (χ3v) is 4.59. The van der Waals surface area contributed by atoms with Crippen molar-refractivity contribution in [3.63, 3.8) is 0 Å². The number of halogens is 1. The maximum Gasteiger partial charge on any atom is 0.222 e. The Kier molecular flexibility index (Phi) is 5.80. The van der Waals surface area contributed by atoms with Gasteiger partial charge in [0, 0.05) is 18.0 Å². The van der Waals surface area contributed by atoms with Gasteiger partial charge >= 0.3 is 0 Å². The van der Waals surface area contributed by atoms with Gasteiger partial charge in [0.05, 0.1) is 18.9 Å². The molecule has 0 aliphatic carbocycles. The molecule has 1 atom stereocenters. The Labute approximate surface area is 135 Å². The Balaban J connectivity index is 1.89. The third-order valence-electron chi connectivity index (χ3n) is 3.48. The zero-order valence-electron chi connectivity index (χ0n) is 12.1. The van der Waals surface area contributed by atoms with Gasteiger partial charge in [-0.1, -0.05) is 23.7 Å². The van der Waals surface area contributed by atoms with Gasteiger partial charge < -0.3 is 9.64 Å². The number of morpholine rings is 1. The van der Waals surface area contributed by atoms with Gasteiger partial charge in [-0.2, -0.15) is 0 Å². The highest BCUT2D eigenvalue weighted by molar-refractivity contribution is 7.89. The number of hydrogen-bond acceptors (Lipinski definition) is 4. The van der Waals surface area contributed by atoms with E-state index in [1.54, 1.807) is 17.0 Å². The summed E-state index contributed by atoms with van der Waals surface area (Å²) in [6.07, 6.45) is 0.220. The molecule has 122 valence electrons. The van der Waals surface area contributed by atoms with Crippen LogP contribution in [0.5, 0.6) is 0 Å². The number of nitrogens with two attached hydrogens (primary N) is 1. The van der Waals surface area contributed by atoms with Crippen molar-refractivity contribution < 1.29 is 17.9 Å². The Morgan fingerprint density at radius 3 is 2.68 bits per heavy atom. The van der Waals surface area contributed by atoms with Crippen LogP contribution >= 0.6 is 11.6 Å². The molecule has 2 N–H and O–H groups in total. The van der Waals surface area contributed by atoms with Crippen LogP contribution < -0.4 is 5.14 Å². The highest BCUT2D eigenvalue weighted by Gasteiger charge is 2.25. The number of rotatable bonds is 5. The van der Waals surface area contributed by atoms with E-state index in [2.05, 4.69) is 0 Å². The zero-order valence-corrected chi connectivity index (χ0v) is 13.6. The van der Waals surface area contributed by atoms with Crippen LogP contribution in [0, 0.1) is 0 Å². The van der Waals surface area contributed by atoms with E-state index in [0.29, 0.717) is 24.7 Å². The summed E-state index contributed by atoms with van der Waals surface area (Å²) in [7, 11) is -3.52. The van der Waals surface area contributed by atoms with Crippen molar-refractivity contribution in [1.29, 1.82) is 0 Å². The van der Waals surface area contributed by atoms with E-state index in [1.165, 1.54) is 0 Å². The lowest BCUT2D eigenvalue weighted by atomic mass is 10.1. The number of benzene rings is 1. The minimum absolute atomic E-state index is 0.0779. The van der Waals surface area contributed by atoms with Crippen molar-refractivity contribution in [2.75, 3.05) is 25.4 Å². The maximum absolute atomic E-state index is 12.1. The van der Waals surface area contributed by atoms with Crippen LogP contribution in [0.2, 0.25) is 5.02 Å². The molecule has 8 heteroatoms. The van der Waals surface area contributed by atoms with Crippen molar-refractivity contribution in [3.8, 4) is 0 Å². The highest BCUT2D eigenvalue weighted by Crippen LogP contribution is 2.24. The number of ether oxygens (including phenoxy) is 1. The molecule has 0 unspecified atom stereocenters. The first-order chi connectivity index (χ1) is 10.3. The SMILES string of the molecule is NS(=O)(=O)CCCC(=O)N1CCO[C@H](c2ccc(Cl)cc2)C1. The number of carbonyl (C=O) groups excluding carboxylic acids is 1. The van der Waals surface area contributed by atoms with Crippen molar-refractivity contribution in [2.45, 2.75) is 18.9 Å². The summed E-state index contributed by atoms with van der Waals surface area (Å²) in [5, 5.41) is 5.58. The van der Waals surface area contributed by atoms with Crippen molar-refractivity contribution >= 4 is 27.5 Å². The lowest BCUT2D eigenvalue weighted by molar-refractivity contribution is -0.139. The average Bonchev–Trinajstić information content (AvgIpc) is 2.47. The molecular formula is C14H19ClN2O4S. The van der Waals surface area contributed by atoms with Crippen LogP contribution in [0.1, 0.15) is 24.5 Å². The molecule has 0 radical (unpaired) electrons. The van der Waals surface area contributed by atoms with Gasteiger partial charge in [0.15, 0.2) is 0 Å². The monoisotopic (exact) mass is 346 g/mol. The van der Waals surface area contributed by atoms with Crippen LogP contribution in [0.4, 0.5) is 0 Å². The number of nitrogens with zero attached hydrogens (tertiary/aromatic N) is 1. The molecule has 0 aromatic heterocycles. The minimum Gasteiger partial charge on any atom is -0.370 e. The molecule has 1 aromatic rings. The summed E-state index contributed by atoms with van der Waals surface area (Å²) in [5.74, 6) is -0.255. The number of carbonyl (C=O) groups is 1. The summed E-state index contributed by atoms with van der Waals surface area (Å²) in [6, 6.07) is 7.32. The van der Waals surface area contributed by atoms with Gasteiger partial charge in [-0.25, -0.2) is 13.6 Å². The van der Waals surface area contributed by atoms with Crippen LogP contribution in [0.25, 0.3) is 0 Å². The molecule has 1 aliphatic heterocycles. The Hall–Kier alpha value is -1.15. The molecule has 22 heavy (non-hydrogen) atoms. The van der Waals surface area contributed by atoms with Crippen LogP contribution in [-0.4, -0.2) is 44.7 Å². The molecule has 2 rings (SSSR count).